The van der Waals surface area contributed by atoms with Crippen molar-refractivity contribution in [2.24, 2.45) is 5.92 Å². The minimum absolute atomic E-state index is 0.00531. The van der Waals surface area contributed by atoms with Gasteiger partial charge in [0.1, 0.15) is 5.82 Å². The molecular weight excluding hydrogens is 304 g/mol. The Morgan fingerprint density at radius 3 is 2.92 bits per heavy atom. The van der Waals surface area contributed by atoms with Crippen LogP contribution in [0, 0.1) is 19.8 Å². The number of hydrogen-bond acceptors (Lipinski definition) is 5. The molecule has 1 amide bonds. The summed E-state index contributed by atoms with van der Waals surface area (Å²) in [5, 5.41) is 11.4. The molecule has 3 heterocycles. The Morgan fingerprint density at radius 2 is 2.21 bits per heavy atom. The first kappa shape index (κ1) is 16.4. The number of carbonyl (C=O) groups is 1. The fourth-order valence-corrected chi connectivity index (χ4v) is 3.04. The SMILES string of the molecule is Cc1ccc(N2CCCC(C(=O)NCCn3ccnc3C)C2)nn1. The number of aromatic nitrogens is 4. The summed E-state index contributed by atoms with van der Waals surface area (Å²) >= 11 is 0. The van der Waals surface area contributed by atoms with E-state index in [4.69, 9.17) is 0 Å². The van der Waals surface area contributed by atoms with Crippen LogP contribution >= 0.6 is 0 Å². The second-order valence-electron chi connectivity index (χ2n) is 6.28. The largest absolute Gasteiger partial charge is 0.354 e. The summed E-state index contributed by atoms with van der Waals surface area (Å²) in [6, 6.07) is 3.93. The summed E-state index contributed by atoms with van der Waals surface area (Å²) in [6.45, 7) is 6.88. The number of aryl methyl sites for hydroxylation is 2. The molecule has 0 bridgehead atoms. The molecule has 0 radical (unpaired) electrons. The van der Waals surface area contributed by atoms with Crippen LogP contribution in [0.1, 0.15) is 24.4 Å². The number of piperidine rings is 1. The Labute approximate surface area is 142 Å². The van der Waals surface area contributed by atoms with Crippen LogP contribution in [0.5, 0.6) is 0 Å². The van der Waals surface area contributed by atoms with Crippen molar-refractivity contribution in [3.63, 3.8) is 0 Å². The molecule has 1 N–H and O–H groups in total. The van der Waals surface area contributed by atoms with Gasteiger partial charge in [-0.05, 0) is 38.8 Å². The highest BCUT2D eigenvalue weighted by atomic mass is 16.1. The van der Waals surface area contributed by atoms with Crippen molar-refractivity contribution in [3.8, 4) is 0 Å². The molecule has 1 saturated heterocycles. The second-order valence-corrected chi connectivity index (χ2v) is 6.28. The van der Waals surface area contributed by atoms with Gasteiger partial charge in [0.2, 0.25) is 5.91 Å². The number of hydrogen-bond donors (Lipinski definition) is 1. The van der Waals surface area contributed by atoms with Gasteiger partial charge in [-0.3, -0.25) is 4.79 Å². The second kappa shape index (κ2) is 7.42. The van der Waals surface area contributed by atoms with Crippen LogP contribution in [0.3, 0.4) is 0 Å². The molecule has 7 heteroatoms. The summed E-state index contributed by atoms with van der Waals surface area (Å²) in [5.41, 5.74) is 0.903. The van der Waals surface area contributed by atoms with Gasteiger partial charge >= 0.3 is 0 Å². The summed E-state index contributed by atoms with van der Waals surface area (Å²) in [7, 11) is 0. The topological polar surface area (TPSA) is 75.9 Å². The van der Waals surface area contributed by atoms with E-state index in [-0.39, 0.29) is 11.8 Å². The van der Waals surface area contributed by atoms with Gasteiger partial charge in [0.05, 0.1) is 11.6 Å². The number of nitrogens with one attached hydrogen (secondary N) is 1. The van der Waals surface area contributed by atoms with Gasteiger partial charge in [-0.2, -0.15) is 5.10 Å². The average Bonchev–Trinajstić information content (AvgIpc) is 3.01. The Balaban J connectivity index is 1.51. The Hall–Kier alpha value is -2.44. The summed E-state index contributed by atoms with van der Waals surface area (Å²) in [5.74, 6) is 1.95. The molecule has 1 unspecified atom stereocenters. The summed E-state index contributed by atoms with van der Waals surface area (Å²) in [4.78, 5) is 18.8. The molecule has 0 saturated carbocycles. The molecule has 2 aromatic heterocycles. The maximum atomic E-state index is 12.4. The van der Waals surface area contributed by atoms with E-state index in [1.54, 1.807) is 6.20 Å². The molecule has 2 aromatic rings. The molecule has 128 valence electrons. The first-order chi connectivity index (χ1) is 11.6. The highest BCUT2D eigenvalue weighted by Crippen LogP contribution is 2.21. The number of amides is 1. The molecule has 3 rings (SSSR count). The molecule has 7 nitrogen and oxygen atoms in total. The summed E-state index contributed by atoms with van der Waals surface area (Å²) in [6.07, 6.45) is 5.62. The predicted octanol–water partition coefficient (Wildman–Crippen LogP) is 1.32. The van der Waals surface area contributed by atoms with E-state index in [0.717, 1.165) is 43.3 Å². The lowest BCUT2D eigenvalue weighted by atomic mass is 9.97. The zero-order valence-electron chi connectivity index (χ0n) is 14.3. The predicted molar refractivity (Wildman–Crippen MR) is 91.7 cm³/mol. The molecule has 1 fully saturated rings. The lowest BCUT2D eigenvalue weighted by molar-refractivity contribution is -0.125. The molecular formula is C17H24N6O. The minimum Gasteiger partial charge on any atom is -0.354 e. The van der Waals surface area contributed by atoms with Crippen LogP contribution in [-0.4, -0.2) is 45.3 Å². The van der Waals surface area contributed by atoms with E-state index in [1.165, 1.54) is 0 Å². The van der Waals surface area contributed by atoms with Gasteiger partial charge < -0.3 is 14.8 Å². The van der Waals surface area contributed by atoms with Crippen LogP contribution in [0.4, 0.5) is 5.82 Å². The van der Waals surface area contributed by atoms with Crippen molar-refractivity contribution >= 4 is 11.7 Å². The van der Waals surface area contributed by atoms with Crippen molar-refractivity contribution in [3.05, 3.63) is 36.0 Å². The van der Waals surface area contributed by atoms with E-state index in [2.05, 4.69) is 25.4 Å². The lowest BCUT2D eigenvalue weighted by Gasteiger charge is -2.32. The van der Waals surface area contributed by atoms with Crippen molar-refractivity contribution in [2.75, 3.05) is 24.5 Å². The third kappa shape index (κ3) is 3.90. The van der Waals surface area contributed by atoms with E-state index in [0.29, 0.717) is 13.1 Å². The van der Waals surface area contributed by atoms with Gasteiger partial charge in [-0.15, -0.1) is 5.10 Å². The van der Waals surface area contributed by atoms with Crippen molar-refractivity contribution in [2.45, 2.75) is 33.2 Å². The van der Waals surface area contributed by atoms with Crippen molar-refractivity contribution in [1.82, 2.24) is 25.1 Å². The van der Waals surface area contributed by atoms with Gasteiger partial charge in [-0.1, -0.05) is 0 Å². The standard InChI is InChI=1S/C17H24N6O/c1-13-5-6-16(21-20-13)23-9-3-4-15(12-23)17(24)19-8-11-22-10-7-18-14(22)2/h5-7,10,15H,3-4,8-9,11-12H2,1-2H3,(H,19,24). The van der Waals surface area contributed by atoms with Crippen LogP contribution in [0.2, 0.25) is 0 Å². The quantitative estimate of drug-likeness (QED) is 0.896. The zero-order chi connectivity index (χ0) is 16.9. The van der Waals surface area contributed by atoms with Gasteiger partial charge in [0.15, 0.2) is 5.82 Å². The first-order valence-corrected chi connectivity index (χ1v) is 8.44. The summed E-state index contributed by atoms with van der Waals surface area (Å²) < 4.78 is 2.04. The molecule has 0 aromatic carbocycles. The number of anilines is 1. The Bertz CT molecular complexity index is 681. The van der Waals surface area contributed by atoms with Crippen LogP contribution in [0.25, 0.3) is 0 Å². The average molecular weight is 328 g/mol. The van der Waals surface area contributed by atoms with Crippen LogP contribution in [-0.2, 0) is 11.3 Å². The van der Waals surface area contributed by atoms with Gasteiger partial charge in [-0.25, -0.2) is 4.98 Å². The Morgan fingerprint density at radius 1 is 1.33 bits per heavy atom. The first-order valence-electron chi connectivity index (χ1n) is 8.44. The third-order valence-corrected chi connectivity index (χ3v) is 4.48. The van der Waals surface area contributed by atoms with Gasteiger partial charge in [0, 0.05) is 38.6 Å². The maximum absolute atomic E-state index is 12.4. The highest BCUT2D eigenvalue weighted by Gasteiger charge is 2.26. The molecule has 1 atom stereocenters. The molecule has 1 aliphatic rings. The van der Waals surface area contributed by atoms with Gasteiger partial charge in [0.25, 0.3) is 0 Å². The fourth-order valence-electron chi connectivity index (χ4n) is 3.04. The van der Waals surface area contributed by atoms with Crippen LogP contribution in [0.15, 0.2) is 24.5 Å². The molecule has 24 heavy (non-hydrogen) atoms. The lowest BCUT2D eigenvalue weighted by Crippen LogP contribution is -2.44. The van der Waals surface area contributed by atoms with E-state index >= 15 is 0 Å². The zero-order valence-corrected chi connectivity index (χ0v) is 14.3. The van der Waals surface area contributed by atoms with E-state index < -0.39 is 0 Å². The number of imidazole rings is 1. The highest BCUT2D eigenvalue weighted by molar-refractivity contribution is 5.79. The normalized spacial score (nSPS) is 17.8. The number of carbonyl (C=O) groups excluding carboxylic acids is 1. The van der Waals surface area contributed by atoms with Crippen molar-refractivity contribution in [1.29, 1.82) is 0 Å². The number of rotatable bonds is 5. The molecule has 0 spiro atoms. The minimum atomic E-state index is 0.00531. The van der Waals surface area contributed by atoms with Crippen LogP contribution < -0.4 is 10.2 Å². The molecule has 0 aliphatic carbocycles. The number of nitrogens with zero attached hydrogens (tertiary/aromatic N) is 5. The third-order valence-electron chi connectivity index (χ3n) is 4.48. The van der Waals surface area contributed by atoms with E-state index in [9.17, 15) is 4.79 Å². The fraction of sp³-hybridized carbons (Fsp3) is 0.529. The van der Waals surface area contributed by atoms with E-state index in [1.807, 2.05) is 36.7 Å². The smallest absolute Gasteiger partial charge is 0.224 e. The maximum Gasteiger partial charge on any atom is 0.224 e. The van der Waals surface area contributed by atoms with Crippen molar-refractivity contribution < 1.29 is 4.79 Å². The Kier molecular flexibility index (Phi) is 5.08. The molecule has 1 aliphatic heterocycles. The monoisotopic (exact) mass is 328 g/mol.